The predicted molar refractivity (Wildman–Crippen MR) is 151 cm³/mol. The summed E-state index contributed by atoms with van der Waals surface area (Å²) in [5.74, 6) is 0. The van der Waals surface area contributed by atoms with Crippen LogP contribution in [0.5, 0.6) is 0 Å². The van der Waals surface area contributed by atoms with Gasteiger partial charge in [-0.2, -0.15) is 0 Å². The van der Waals surface area contributed by atoms with Crippen LogP contribution in [0, 0.1) is 0 Å². The van der Waals surface area contributed by atoms with Crippen LogP contribution in [0.4, 0.5) is 0 Å². The van der Waals surface area contributed by atoms with Crippen LogP contribution < -0.4 is 0 Å². The van der Waals surface area contributed by atoms with Gasteiger partial charge in [0.25, 0.3) is 0 Å². The number of aromatic nitrogens is 1. The average molecular weight is 464 g/mol. The standard InChI is InChI=1S/C33H21NS/c1-2-10-22(11-3-1)31-25-12-4-6-14-27(25)32(28-15-7-5-13-26(28)31)23-18-20-24(21-19-23)33-34-29-16-8-9-17-30(29)35-33/h1-21H. The molecular weight excluding hydrogens is 442 g/mol. The Bertz CT molecular complexity index is 1740. The molecule has 0 unspecified atom stereocenters. The smallest absolute Gasteiger partial charge is 0.124 e. The number of fused-ring (bicyclic) bond motifs is 3. The monoisotopic (exact) mass is 463 g/mol. The molecule has 0 atom stereocenters. The summed E-state index contributed by atoms with van der Waals surface area (Å²) in [7, 11) is 0. The van der Waals surface area contributed by atoms with Crippen LogP contribution in [0.3, 0.4) is 0 Å². The molecule has 2 heteroatoms. The molecule has 35 heavy (non-hydrogen) atoms. The first-order valence-corrected chi connectivity index (χ1v) is 12.6. The lowest BCUT2D eigenvalue weighted by molar-refractivity contribution is 1.48. The zero-order valence-corrected chi connectivity index (χ0v) is 19.8. The van der Waals surface area contributed by atoms with Gasteiger partial charge in [-0.1, -0.05) is 115 Å². The lowest BCUT2D eigenvalue weighted by atomic mass is 9.86. The van der Waals surface area contributed by atoms with Crippen molar-refractivity contribution in [2.75, 3.05) is 0 Å². The lowest BCUT2D eigenvalue weighted by Gasteiger charge is -2.17. The summed E-state index contributed by atoms with van der Waals surface area (Å²) in [6.07, 6.45) is 0. The lowest BCUT2D eigenvalue weighted by Crippen LogP contribution is -1.90. The Hall–Kier alpha value is -4.27. The Morgan fingerprint density at radius 1 is 0.400 bits per heavy atom. The van der Waals surface area contributed by atoms with E-state index in [1.807, 2.05) is 6.07 Å². The van der Waals surface area contributed by atoms with E-state index in [4.69, 9.17) is 4.98 Å². The first kappa shape index (κ1) is 20.1. The van der Waals surface area contributed by atoms with Crippen LogP contribution in [-0.4, -0.2) is 4.98 Å². The van der Waals surface area contributed by atoms with Gasteiger partial charge in [-0.05, 0) is 55.9 Å². The molecule has 0 aliphatic carbocycles. The summed E-state index contributed by atoms with van der Waals surface area (Å²) >= 11 is 1.75. The van der Waals surface area contributed by atoms with Crippen molar-refractivity contribution < 1.29 is 0 Å². The minimum atomic E-state index is 1.06. The minimum absolute atomic E-state index is 1.06. The maximum atomic E-state index is 4.85. The van der Waals surface area contributed by atoms with Crippen LogP contribution in [0.2, 0.25) is 0 Å². The van der Waals surface area contributed by atoms with Gasteiger partial charge in [0.1, 0.15) is 5.01 Å². The van der Waals surface area contributed by atoms with E-state index in [-0.39, 0.29) is 0 Å². The Balaban J connectivity index is 1.46. The molecule has 7 aromatic rings. The quantitative estimate of drug-likeness (QED) is 0.238. The number of hydrogen-bond acceptors (Lipinski definition) is 2. The van der Waals surface area contributed by atoms with Crippen LogP contribution in [0.1, 0.15) is 0 Å². The van der Waals surface area contributed by atoms with E-state index in [1.165, 1.54) is 48.5 Å². The highest BCUT2D eigenvalue weighted by Crippen LogP contribution is 2.43. The number of rotatable bonds is 3. The van der Waals surface area contributed by atoms with Crippen molar-refractivity contribution in [3.05, 3.63) is 127 Å². The van der Waals surface area contributed by atoms with Gasteiger partial charge in [0.2, 0.25) is 0 Å². The van der Waals surface area contributed by atoms with Crippen molar-refractivity contribution >= 4 is 43.1 Å². The van der Waals surface area contributed by atoms with Crippen molar-refractivity contribution in [1.82, 2.24) is 4.98 Å². The molecule has 0 aliphatic rings. The van der Waals surface area contributed by atoms with Crippen molar-refractivity contribution in [2.24, 2.45) is 0 Å². The molecule has 0 N–H and O–H groups in total. The second-order valence-electron chi connectivity index (χ2n) is 8.77. The van der Waals surface area contributed by atoms with E-state index in [9.17, 15) is 0 Å². The van der Waals surface area contributed by atoms with Crippen LogP contribution in [-0.2, 0) is 0 Å². The Labute approximate surface area is 208 Å². The molecule has 0 amide bonds. The molecular formula is C33H21NS. The SMILES string of the molecule is c1ccc(-c2c3ccccc3c(-c3ccc(-c4nc5ccccc5s4)cc3)c3ccccc23)cc1. The fourth-order valence-electron chi connectivity index (χ4n) is 5.13. The Morgan fingerprint density at radius 2 is 0.857 bits per heavy atom. The van der Waals surface area contributed by atoms with E-state index in [0.29, 0.717) is 0 Å². The molecule has 164 valence electrons. The zero-order chi connectivity index (χ0) is 23.2. The molecule has 6 aromatic carbocycles. The van der Waals surface area contributed by atoms with Crippen molar-refractivity contribution in [1.29, 1.82) is 0 Å². The average Bonchev–Trinajstić information content (AvgIpc) is 3.37. The van der Waals surface area contributed by atoms with E-state index in [1.54, 1.807) is 11.3 Å². The maximum Gasteiger partial charge on any atom is 0.124 e. The molecule has 0 saturated carbocycles. The maximum absolute atomic E-state index is 4.85. The van der Waals surface area contributed by atoms with Gasteiger partial charge >= 0.3 is 0 Å². The molecule has 7 rings (SSSR count). The van der Waals surface area contributed by atoms with Crippen molar-refractivity contribution in [3.8, 4) is 32.8 Å². The minimum Gasteiger partial charge on any atom is -0.236 e. The fraction of sp³-hybridized carbons (Fsp3) is 0. The predicted octanol–water partition coefficient (Wildman–Crippen LogP) is 9.60. The van der Waals surface area contributed by atoms with E-state index >= 15 is 0 Å². The summed E-state index contributed by atoms with van der Waals surface area (Å²) in [6.45, 7) is 0. The molecule has 1 nitrogen and oxygen atoms in total. The van der Waals surface area contributed by atoms with Crippen LogP contribution >= 0.6 is 11.3 Å². The molecule has 0 aliphatic heterocycles. The topological polar surface area (TPSA) is 12.9 Å². The normalized spacial score (nSPS) is 11.4. The Morgan fingerprint density at radius 3 is 1.43 bits per heavy atom. The zero-order valence-electron chi connectivity index (χ0n) is 19.0. The van der Waals surface area contributed by atoms with Crippen LogP contribution in [0.15, 0.2) is 127 Å². The molecule has 0 fully saturated rings. The second kappa shape index (κ2) is 8.19. The molecule has 0 saturated heterocycles. The summed E-state index contributed by atoms with van der Waals surface area (Å²) in [4.78, 5) is 4.85. The fourth-order valence-corrected chi connectivity index (χ4v) is 6.10. The van der Waals surface area contributed by atoms with Gasteiger partial charge in [-0.15, -0.1) is 11.3 Å². The third-order valence-corrected chi connectivity index (χ3v) is 7.79. The molecule has 0 spiro atoms. The number of hydrogen-bond donors (Lipinski definition) is 0. The van der Waals surface area contributed by atoms with Crippen LogP contribution in [0.25, 0.3) is 64.6 Å². The molecule has 0 radical (unpaired) electrons. The first-order chi connectivity index (χ1) is 17.4. The van der Waals surface area contributed by atoms with E-state index < -0.39 is 0 Å². The number of para-hydroxylation sites is 1. The third-order valence-electron chi connectivity index (χ3n) is 6.71. The van der Waals surface area contributed by atoms with Gasteiger partial charge < -0.3 is 0 Å². The molecule has 1 aromatic heterocycles. The summed E-state index contributed by atoms with van der Waals surface area (Å²) in [5.41, 5.74) is 7.27. The van der Waals surface area contributed by atoms with Gasteiger partial charge in [0, 0.05) is 5.56 Å². The second-order valence-corrected chi connectivity index (χ2v) is 9.80. The number of nitrogens with zero attached hydrogens (tertiary/aromatic N) is 1. The molecule has 1 heterocycles. The largest absolute Gasteiger partial charge is 0.236 e. The first-order valence-electron chi connectivity index (χ1n) is 11.8. The Kier molecular flexibility index (Phi) is 4.71. The van der Waals surface area contributed by atoms with Crippen molar-refractivity contribution in [3.63, 3.8) is 0 Å². The summed E-state index contributed by atoms with van der Waals surface area (Å²) < 4.78 is 1.22. The molecule has 0 bridgehead atoms. The third kappa shape index (κ3) is 3.34. The summed E-state index contributed by atoms with van der Waals surface area (Å²) in [6, 6.07) is 45.6. The summed E-state index contributed by atoms with van der Waals surface area (Å²) in [5, 5.41) is 6.17. The van der Waals surface area contributed by atoms with Gasteiger partial charge in [-0.25, -0.2) is 4.98 Å². The highest BCUT2D eigenvalue weighted by atomic mass is 32.1. The number of benzene rings is 6. The highest BCUT2D eigenvalue weighted by Gasteiger charge is 2.16. The highest BCUT2D eigenvalue weighted by molar-refractivity contribution is 7.21. The van der Waals surface area contributed by atoms with Gasteiger partial charge in [0.15, 0.2) is 0 Å². The van der Waals surface area contributed by atoms with Gasteiger partial charge in [0.05, 0.1) is 10.2 Å². The number of thiazole rings is 1. The van der Waals surface area contributed by atoms with Gasteiger partial charge in [-0.3, -0.25) is 0 Å². The van der Waals surface area contributed by atoms with Crippen molar-refractivity contribution in [2.45, 2.75) is 0 Å². The van der Waals surface area contributed by atoms with E-state index in [2.05, 4.69) is 121 Å². The van der Waals surface area contributed by atoms with E-state index in [0.717, 1.165) is 16.1 Å².